The summed E-state index contributed by atoms with van der Waals surface area (Å²) in [5.41, 5.74) is 1.16. The number of thiophene rings is 1. The quantitative estimate of drug-likeness (QED) is 0.414. The van der Waals surface area contributed by atoms with Gasteiger partial charge >= 0.3 is 0 Å². The van der Waals surface area contributed by atoms with Crippen LogP contribution in [-0.4, -0.2) is 41.0 Å². The van der Waals surface area contributed by atoms with Crippen molar-refractivity contribution in [3.05, 3.63) is 33.4 Å². The van der Waals surface area contributed by atoms with Gasteiger partial charge in [0.25, 0.3) is 5.56 Å². The molecule has 1 aliphatic rings. The lowest BCUT2D eigenvalue weighted by molar-refractivity contribution is -0.119. The maximum Gasteiger partial charge on any atom is 0.263 e. The van der Waals surface area contributed by atoms with Crippen molar-refractivity contribution in [2.75, 3.05) is 19.5 Å². The molecule has 1 N–H and O–H groups in total. The molecule has 0 bridgehead atoms. The zero-order valence-corrected chi connectivity index (χ0v) is 17.4. The van der Waals surface area contributed by atoms with E-state index in [2.05, 4.69) is 11.9 Å². The molecule has 2 aromatic heterocycles. The number of carbonyl (C=O) groups is 1. The lowest BCUT2D eigenvalue weighted by atomic mass is 9.97. The van der Waals surface area contributed by atoms with E-state index in [1.165, 1.54) is 28.6 Å². The van der Waals surface area contributed by atoms with Gasteiger partial charge in [-0.2, -0.15) is 0 Å². The lowest BCUT2D eigenvalue weighted by Gasteiger charge is -2.14. The number of nitrogens with one attached hydrogen (secondary N) is 1. The Balaban J connectivity index is 1.88. The number of aromatic nitrogens is 2. The Kier molecular flexibility index (Phi) is 6.73. The van der Waals surface area contributed by atoms with Gasteiger partial charge in [-0.3, -0.25) is 14.2 Å². The van der Waals surface area contributed by atoms with E-state index in [-0.39, 0.29) is 23.3 Å². The minimum absolute atomic E-state index is 0.0186. The van der Waals surface area contributed by atoms with Crippen LogP contribution < -0.4 is 10.9 Å². The fourth-order valence-corrected chi connectivity index (χ4v) is 5.48. The molecule has 0 spiro atoms. The Morgan fingerprint density at radius 3 is 3.00 bits per heavy atom. The van der Waals surface area contributed by atoms with E-state index in [1.807, 2.05) is 6.92 Å². The van der Waals surface area contributed by atoms with Crippen molar-refractivity contribution < 1.29 is 9.53 Å². The van der Waals surface area contributed by atoms with Gasteiger partial charge in [-0.1, -0.05) is 17.8 Å². The predicted octanol–water partition coefficient (Wildman–Crippen LogP) is 2.77. The number of hydrogen-bond acceptors (Lipinski definition) is 6. The highest BCUT2D eigenvalue weighted by atomic mass is 32.2. The summed E-state index contributed by atoms with van der Waals surface area (Å²) in [6.07, 6.45) is 5.96. The fourth-order valence-electron chi connectivity index (χ4n) is 3.36. The van der Waals surface area contributed by atoms with E-state index in [4.69, 9.17) is 9.72 Å². The summed E-state index contributed by atoms with van der Waals surface area (Å²) in [6.45, 7) is 6.50. The molecular weight excluding hydrogens is 382 g/mol. The SMILES string of the molecule is C=CCn1c(SCC(=O)NC(C)COC)nc2sc3c(c2c1=O)CCCC3. The van der Waals surface area contributed by atoms with Crippen LogP contribution in [0.4, 0.5) is 0 Å². The van der Waals surface area contributed by atoms with Crippen LogP contribution in [0.1, 0.15) is 30.2 Å². The zero-order valence-electron chi connectivity index (χ0n) is 15.7. The third kappa shape index (κ3) is 4.44. The maximum atomic E-state index is 13.1. The van der Waals surface area contributed by atoms with Gasteiger partial charge in [0, 0.05) is 24.6 Å². The molecule has 0 saturated heterocycles. The van der Waals surface area contributed by atoms with E-state index in [0.29, 0.717) is 18.3 Å². The van der Waals surface area contributed by atoms with Crippen LogP contribution in [0.25, 0.3) is 10.2 Å². The van der Waals surface area contributed by atoms with Crippen molar-refractivity contribution in [1.82, 2.24) is 14.9 Å². The first-order valence-electron chi connectivity index (χ1n) is 9.12. The van der Waals surface area contributed by atoms with Crippen molar-refractivity contribution in [2.24, 2.45) is 0 Å². The molecule has 1 unspecified atom stereocenters. The zero-order chi connectivity index (χ0) is 19.4. The van der Waals surface area contributed by atoms with Gasteiger partial charge in [0.05, 0.1) is 17.7 Å². The summed E-state index contributed by atoms with van der Waals surface area (Å²) in [5, 5.41) is 4.21. The number of hydrogen-bond donors (Lipinski definition) is 1. The topological polar surface area (TPSA) is 73.2 Å². The molecule has 1 aliphatic carbocycles. The number of rotatable bonds is 8. The van der Waals surface area contributed by atoms with E-state index < -0.39 is 0 Å². The number of nitrogens with zero attached hydrogens (tertiary/aromatic N) is 2. The second-order valence-corrected chi connectivity index (χ2v) is 8.73. The minimum atomic E-state index is -0.102. The molecular formula is C19H25N3O3S2. The van der Waals surface area contributed by atoms with Crippen molar-refractivity contribution >= 4 is 39.2 Å². The molecule has 2 aromatic rings. The lowest BCUT2D eigenvalue weighted by Crippen LogP contribution is -2.36. The molecule has 6 nitrogen and oxygen atoms in total. The number of thioether (sulfide) groups is 1. The largest absolute Gasteiger partial charge is 0.383 e. The molecule has 0 radical (unpaired) electrons. The van der Waals surface area contributed by atoms with Gasteiger partial charge in [-0.15, -0.1) is 17.9 Å². The van der Waals surface area contributed by atoms with Crippen molar-refractivity contribution in [1.29, 1.82) is 0 Å². The Morgan fingerprint density at radius 2 is 2.26 bits per heavy atom. The molecule has 146 valence electrons. The summed E-state index contributed by atoms with van der Waals surface area (Å²) in [4.78, 5) is 32.1. The maximum absolute atomic E-state index is 13.1. The van der Waals surface area contributed by atoms with Crippen molar-refractivity contribution in [2.45, 2.75) is 50.4 Å². The number of aryl methyl sites for hydroxylation is 2. The number of methoxy groups -OCH3 is 1. The molecule has 8 heteroatoms. The normalized spacial score (nSPS) is 14.7. The summed E-state index contributed by atoms with van der Waals surface area (Å²) in [6, 6.07) is -0.0575. The second kappa shape index (κ2) is 9.03. The van der Waals surface area contributed by atoms with Crippen LogP contribution in [0, 0.1) is 0 Å². The van der Waals surface area contributed by atoms with Crippen LogP contribution >= 0.6 is 23.1 Å². The predicted molar refractivity (Wildman–Crippen MR) is 111 cm³/mol. The van der Waals surface area contributed by atoms with Gasteiger partial charge < -0.3 is 10.1 Å². The van der Waals surface area contributed by atoms with Gasteiger partial charge in [-0.25, -0.2) is 4.98 Å². The Labute approximate surface area is 167 Å². The third-order valence-corrected chi connectivity index (χ3v) is 6.67. The van der Waals surface area contributed by atoms with Gasteiger partial charge in [-0.05, 0) is 38.2 Å². The average Bonchev–Trinajstić information content (AvgIpc) is 3.01. The molecule has 3 rings (SSSR count). The van der Waals surface area contributed by atoms with Crippen LogP contribution in [-0.2, 0) is 28.9 Å². The monoisotopic (exact) mass is 407 g/mol. The van der Waals surface area contributed by atoms with E-state index in [0.717, 1.165) is 29.5 Å². The molecule has 2 heterocycles. The van der Waals surface area contributed by atoms with Gasteiger partial charge in [0.1, 0.15) is 4.83 Å². The molecule has 0 aromatic carbocycles. The molecule has 0 fully saturated rings. The van der Waals surface area contributed by atoms with E-state index in [9.17, 15) is 9.59 Å². The van der Waals surface area contributed by atoms with E-state index in [1.54, 1.807) is 29.1 Å². The first-order valence-corrected chi connectivity index (χ1v) is 10.9. The summed E-state index contributed by atoms with van der Waals surface area (Å²) in [5.74, 6) is 0.100. The first kappa shape index (κ1) is 20.1. The van der Waals surface area contributed by atoms with Crippen LogP contribution in [0.3, 0.4) is 0 Å². The number of fused-ring (bicyclic) bond motifs is 3. The van der Waals surface area contributed by atoms with Crippen molar-refractivity contribution in [3.8, 4) is 0 Å². The third-order valence-electron chi connectivity index (χ3n) is 4.51. The molecule has 0 aliphatic heterocycles. The van der Waals surface area contributed by atoms with E-state index >= 15 is 0 Å². The highest BCUT2D eigenvalue weighted by Gasteiger charge is 2.22. The molecule has 1 atom stereocenters. The second-order valence-electron chi connectivity index (χ2n) is 6.70. The average molecular weight is 408 g/mol. The molecule has 0 saturated carbocycles. The fraction of sp³-hybridized carbons (Fsp3) is 0.526. The van der Waals surface area contributed by atoms with Gasteiger partial charge in [0.15, 0.2) is 5.16 Å². The minimum Gasteiger partial charge on any atom is -0.383 e. The summed E-state index contributed by atoms with van der Waals surface area (Å²) in [7, 11) is 1.60. The Hall–Kier alpha value is -1.64. The molecule has 27 heavy (non-hydrogen) atoms. The highest BCUT2D eigenvalue weighted by molar-refractivity contribution is 7.99. The number of allylic oxidation sites excluding steroid dienone is 1. The Bertz CT molecular complexity index is 904. The molecule has 1 amide bonds. The number of ether oxygens (including phenoxy) is 1. The van der Waals surface area contributed by atoms with Gasteiger partial charge in [0.2, 0.25) is 5.91 Å². The first-order chi connectivity index (χ1) is 13.0. The number of carbonyl (C=O) groups excluding carboxylic acids is 1. The highest BCUT2D eigenvalue weighted by Crippen LogP contribution is 2.34. The summed E-state index contributed by atoms with van der Waals surface area (Å²) < 4.78 is 6.67. The van der Waals surface area contributed by atoms with Crippen molar-refractivity contribution in [3.63, 3.8) is 0 Å². The van der Waals surface area contributed by atoms with Crippen LogP contribution in [0.15, 0.2) is 22.6 Å². The Morgan fingerprint density at radius 1 is 1.48 bits per heavy atom. The standard InChI is InChI=1S/C19H25N3O3S2/c1-4-9-22-18(24)16-13-7-5-6-8-14(13)27-17(16)21-19(22)26-11-15(23)20-12(2)10-25-3/h4,12H,1,5-11H2,2-3H3,(H,20,23). The van der Waals surface area contributed by atoms with Crippen LogP contribution in [0.2, 0.25) is 0 Å². The van der Waals surface area contributed by atoms with Crippen LogP contribution in [0.5, 0.6) is 0 Å². The smallest absolute Gasteiger partial charge is 0.263 e. The summed E-state index contributed by atoms with van der Waals surface area (Å²) >= 11 is 2.91. The number of amides is 1.